The van der Waals surface area contributed by atoms with Crippen molar-refractivity contribution in [2.45, 2.75) is 44.1 Å². The summed E-state index contributed by atoms with van der Waals surface area (Å²) in [5.41, 5.74) is 2.25. The summed E-state index contributed by atoms with van der Waals surface area (Å²) in [6.45, 7) is 0. The van der Waals surface area contributed by atoms with Crippen molar-refractivity contribution in [3.05, 3.63) is 53.6 Å². The van der Waals surface area contributed by atoms with E-state index in [1.165, 1.54) is 17.7 Å². The molecule has 5 heteroatoms. The predicted molar refractivity (Wildman–Crippen MR) is 86.5 cm³/mol. The maximum Gasteiger partial charge on any atom is 0.220 e. The lowest BCUT2D eigenvalue weighted by Crippen LogP contribution is -2.32. The molecule has 1 aromatic heterocycles. The second kappa shape index (κ2) is 6.94. The number of halogens is 1. The molecule has 0 aliphatic heterocycles. The Morgan fingerprint density at radius 2 is 2.13 bits per heavy atom. The number of nitrogens with one attached hydrogen (secondary N) is 1. The molecule has 0 bridgehead atoms. The maximum atomic E-state index is 13.0. The van der Waals surface area contributed by atoms with Crippen LogP contribution in [-0.2, 0) is 18.3 Å². The molecule has 0 spiro atoms. The third-order valence-electron chi connectivity index (χ3n) is 4.54. The number of aromatic nitrogens is 2. The molecule has 2 atom stereocenters. The number of aryl methyl sites for hydroxylation is 2. The standard InChI is InChI=1S/C18H22FN3O/c1-22-12-13(11-20-22)2-9-18(23)21-17-8-5-15(10-17)14-3-6-16(19)7-4-14/h3-4,6-7,11-12,15,17H,2,5,8-10H2,1H3,(H,21,23)/t15-,17+/m1/s1. The number of nitrogens with zero attached hydrogens (tertiary/aromatic N) is 2. The molecule has 1 aliphatic carbocycles. The Balaban J connectivity index is 1.45. The number of hydrogen-bond acceptors (Lipinski definition) is 2. The predicted octanol–water partition coefficient (Wildman–Crippen LogP) is 2.94. The van der Waals surface area contributed by atoms with Gasteiger partial charge in [0.2, 0.25) is 5.91 Å². The highest BCUT2D eigenvalue weighted by Gasteiger charge is 2.26. The van der Waals surface area contributed by atoms with E-state index in [9.17, 15) is 9.18 Å². The Kier molecular flexibility index (Phi) is 4.74. The van der Waals surface area contributed by atoms with Crippen molar-refractivity contribution in [3.8, 4) is 0 Å². The molecular weight excluding hydrogens is 293 g/mol. The molecule has 0 saturated heterocycles. The molecule has 1 fully saturated rings. The molecule has 1 heterocycles. The Bertz CT molecular complexity index is 665. The molecule has 2 aromatic rings. The highest BCUT2D eigenvalue weighted by atomic mass is 19.1. The van der Waals surface area contributed by atoms with Gasteiger partial charge < -0.3 is 5.32 Å². The van der Waals surface area contributed by atoms with Gasteiger partial charge in [0, 0.05) is 25.7 Å². The zero-order valence-corrected chi connectivity index (χ0v) is 13.3. The molecular formula is C18H22FN3O. The van der Waals surface area contributed by atoms with Crippen LogP contribution in [0.2, 0.25) is 0 Å². The van der Waals surface area contributed by atoms with Crippen LogP contribution in [0.4, 0.5) is 4.39 Å². The van der Waals surface area contributed by atoms with Gasteiger partial charge in [-0.25, -0.2) is 4.39 Å². The van der Waals surface area contributed by atoms with Crippen LogP contribution in [0.15, 0.2) is 36.7 Å². The third kappa shape index (κ3) is 4.18. The van der Waals surface area contributed by atoms with E-state index >= 15 is 0 Å². The van der Waals surface area contributed by atoms with Gasteiger partial charge in [0.25, 0.3) is 0 Å². The normalized spacial score (nSPS) is 20.6. The molecule has 0 radical (unpaired) electrons. The lowest BCUT2D eigenvalue weighted by Gasteiger charge is -2.13. The Morgan fingerprint density at radius 3 is 2.83 bits per heavy atom. The fourth-order valence-electron chi connectivity index (χ4n) is 3.31. The van der Waals surface area contributed by atoms with Crippen LogP contribution < -0.4 is 5.32 Å². The summed E-state index contributed by atoms with van der Waals surface area (Å²) in [5, 5.41) is 7.23. The van der Waals surface area contributed by atoms with Crippen molar-refractivity contribution in [1.82, 2.24) is 15.1 Å². The zero-order chi connectivity index (χ0) is 16.2. The van der Waals surface area contributed by atoms with Crippen molar-refractivity contribution >= 4 is 5.91 Å². The van der Waals surface area contributed by atoms with E-state index in [0.29, 0.717) is 18.8 Å². The van der Waals surface area contributed by atoms with Crippen molar-refractivity contribution in [1.29, 1.82) is 0 Å². The first-order valence-electron chi connectivity index (χ1n) is 8.12. The Morgan fingerprint density at radius 1 is 1.35 bits per heavy atom. The number of carbonyl (C=O) groups excluding carboxylic acids is 1. The van der Waals surface area contributed by atoms with Crippen LogP contribution in [0.1, 0.15) is 42.7 Å². The second-order valence-electron chi connectivity index (χ2n) is 6.35. The summed E-state index contributed by atoms with van der Waals surface area (Å²) in [6.07, 6.45) is 7.90. The lowest BCUT2D eigenvalue weighted by atomic mass is 9.97. The quantitative estimate of drug-likeness (QED) is 0.922. The van der Waals surface area contributed by atoms with Crippen LogP contribution in [0, 0.1) is 5.82 Å². The van der Waals surface area contributed by atoms with Crippen molar-refractivity contribution in [3.63, 3.8) is 0 Å². The van der Waals surface area contributed by atoms with Gasteiger partial charge in [-0.1, -0.05) is 12.1 Å². The van der Waals surface area contributed by atoms with Gasteiger partial charge in [-0.15, -0.1) is 0 Å². The largest absolute Gasteiger partial charge is 0.353 e. The molecule has 1 aliphatic rings. The summed E-state index contributed by atoms with van der Waals surface area (Å²) >= 11 is 0. The van der Waals surface area contributed by atoms with E-state index < -0.39 is 0 Å². The fraction of sp³-hybridized carbons (Fsp3) is 0.444. The topological polar surface area (TPSA) is 46.9 Å². The Labute approximate surface area is 135 Å². The minimum Gasteiger partial charge on any atom is -0.353 e. The summed E-state index contributed by atoms with van der Waals surface area (Å²) in [4.78, 5) is 12.1. The fourth-order valence-corrected chi connectivity index (χ4v) is 3.31. The van der Waals surface area contributed by atoms with Crippen LogP contribution in [0.5, 0.6) is 0 Å². The smallest absolute Gasteiger partial charge is 0.220 e. The van der Waals surface area contributed by atoms with Gasteiger partial charge in [-0.3, -0.25) is 9.48 Å². The van der Waals surface area contributed by atoms with Gasteiger partial charge in [-0.05, 0) is 54.9 Å². The third-order valence-corrected chi connectivity index (χ3v) is 4.54. The van der Waals surface area contributed by atoms with Gasteiger partial charge >= 0.3 is 0 Å². The molecule has 1 N–H and O–H groups in total. The number of rotatable bonds is 5. The van der Waals surface area contributed by atoms with Crippen molar-refractivity contribution in [2.75, 3.05) is 0 Å². The Hall–Kier alpha value is -2.17. The van der Waals surface area contributed by atoms with E-state index in [-0.39, 0.29) is 17.8 Å². The van der Waals surface area contributed by atoms with Crippen molar-refractivity contribution < 1.29 is 9.18 Å². The van der Waals surface area contributed by atoms with Crippen molar-refractivity contribution in [2.24, 2.45) is 7.05 Å². The summed E-state index contributed by atoms with van der Waals surface area (Å²) < 4.78 is 14.7. The minimum atomic E-state index is -0.202. The molecule has 23 heavy (non-hydrogen) atoms. The van der Waals surface area contributed by atoms with Crippen LogP contribution >= 0.6 is 0 Å². The SMILES string of the molecule is Cn1cc(CCC(=O)N[C@H]2CC[C@@H](c3ccc(F)cc3)C2)cn1. The van der Waals surface area contributed by atoms with E-state index in [2.05, 4.69) is 10.4 Å². The molecule has 1 saturated carbocycles. The van der Waals surface area contributed by atoms with E-state index in [0.717, 1.165) is 24.8 Å². The van der Waals surface area contributed by atoms with Gasteiger partial charge in [0.05, 0.1) is 6.20 Å². The number of carbonyl (C=O) groups is 1. The highest BCUT2D eigenvalue weighted by Crippen LogP contribution is 2.34. The first-order chi connectivity index (χ1) is 11.1. The average molecular weight is 315 g/mol. The molecule has 1 aromatic carbocycles. The zero-order valence-electron chi connectivity index (χ0n) is 13.3. The van der Waals surface area contributed by atoms with Crippen LogP contribution in [0.3, 0.4) is 0 Å². The summed E-state index contributed by atoms with van der Waals surface area (Å²) in [5.74, 6) is 0.310. The molecule has 1 amide bonds. The molecule has 3 rings (SSSR count). The first-order valence-corrected chi connectivity index (χ1v) is 8.12. The van der Waals surface area contributed by atoms with Crippen LogP contribution in [-0.4, -0.2) is 21.7 Å². The van der Waals surface area contributed by atoms with Gasteiger partial charge in [-0.2, -0.15) is 5.10 Å². The number of amides is 1. The monoisotopic (exact) mass is 315 g/mol. The van der Waals surface area contributed by atoms with Gasteiger partial charge in [0.1, 0.15) is 5.82 Å². The first kappa shape index (κ1) is 15.7. The summed E-state index contributed by atoms with van der Waals surface area (Å²) in [6, 6.07) is 6.95. The molecule has 4 nitrogen and oxygen atoms in total. The summed E-state index contributed by atoms with van der Waals surface area (Å²) in [7, 11) is 1.87. The molecule has 0 unspecified atom stereocenters. The second-order valence-corrected chi connectivity index (χ2v) is 6.35. The molecule has 122 valence electrons. The van der Waals surface area contributed by atoms with E-state index in [1.807, 2.05) is 25.4 Å². The van der Waals surface area contributed by atoms with E-state index in [4.69, 9.17) is 0 Å². The number of hydrogen-bond donors (Lipinski definition) is 1. The minimum absolute atomic E-state index is 0.0959. The number of benzene rings is 1. The van der Waals surface area contributed by atoms with E-state index in [1.54, 1.807) is 10.9 Å². The average Bonchev–Trinajstić information content (AvgIpc) is 3.15. The highest BCUT2D eigenvalue weighted by molar-refractivity contribution is 5.76. The maximum absolute atomic E-state index is 13.0. The van der Waals surface area contributed by atoms with Crippen LogP contribution in [0.25, 0.3) is 0 Å². The van der Waals surface area contributed by atoms with Gasteiger partial charge in [0.15, 0.2) is 0 Å². The lowest BCUT2D eigenvalue weighted by molar-refractivity contribution is -0.121.